The lowest BCUT2D eigenvalue weighted by Gasteiger charge is -2.27. The topological polar surface area (TPSA) is 505 Å². The minimum absolute atomic E-state index is 0.0500. The quantitative estimate of drug-likeness (QED) is 0.0153. The maximum Gasteiger partial charge on any atom is 0.266 e. The number of oxime groups is 1. The summed E-state index contributed by atoms with van der Waals surface area (Å²) >= 11 is 2.87. The third kappa shape index (κ3) is 27.1. The summed E-state index contributed by atoms with van der Waals surface area (Å²) in [4.78, 5) is 168. The second-order valence-corrected chi connectivity index (χ2v) is 25.7. The largest absolute Gasteiger partial charge is 0.508 e. The number of primary amides is 2. The van der Waals surface area contributed by atoms with Crippen LogP contribution in [0.15, 0.2) is 90.6 Å². The molecule has 0 saturated carbocycles. The highest BCUT2D eigenvalue weighted by molar-refractivity contribution is 7.98. The summed E-state index contributed by atoms with van der Waals surface area (Å²) in [6, 6.07) is 8.53. The smallest absolute Gasteiger partial charge is 0.266 e. The van der Waals surface area contributed by atoms with Gasteiger partial charge in [-0.15, -0.1) is 0 Å². The van der Waals surface area contributed by atoms with Crippen molar-refractivity contribution in [3.8, 4) is 11.5 Å². The number of rotatable bonds is 31. The number of aromatic hydroxyl groups is 1. The number of carbonyl (C=O) groups is 11. The molecule has 20 N–H and O–H groups in total. The van der Waals surface area contributed by atoms with Crippen molar-refractivity contribution in [3.05, 3.63) is 113 Å². The number of hydrogen-bond acceptors (Lipinski definition) is 19. The molecule has 3 aromatic carbocycles. The van der Waals surface area contributed by atoms with Gasteiger partial charge < -0.3 is 95.0 Å². The van der Waals surface area contributed by atoms with E-state index >= 15 is 9.59 Å². The van der Waals surface area contributed by atoms with Crippen LogP contribution < -0.4 is 75.1 Å². The number of guanidine groups is 1. The summed E-state index contributed by atoms with van der Waals surface area (Å²) in [7, 11) is 0. The minimum Gasteiger partial charge on any atom is -0.508 e. The molecular formula is C66H90N18O14S2. The van der Waals surface area contributed by atoms with E-state index in [1.807, 2.05) is 24.5 Å². The molecule has 8 atom stereocenters. The Hall–Kier alpha value is -10.4. The predicted octanol–water partition coefficient (Wildman–Crippen LogP) is -0.328. The number of benzene rings is 3. The van der Waals surface area contributed by atoms with Crippen LogP contribution in [0.5, 0.6) is 11.5 Å². The molecule has 1 aliphatic heterocycles. The van der Waals surface area contributed by atoms with Crippen molar-refractivity contribution >= 4 is 112 Å². The number of nitrogens with one attached hydrogen (secondary N) is 13. The highest BCUT2D eigenvalue weighted by atomic mass is 32.2. The molecule has 0 radical (unpaired) electrons. The Balaban J connectivity index is 1.30. The fourth-order valence-corrected chi connectivity index (χ4v) is 12.0. The first-order valence-corrected chi connectivity index (χ1v) is 35.1. The maximum atomic E-state index is 15.2. The Kier molecular flexibility index (Phi) is 32.3. The Morgan fingerprint density at radius 1 is 0.750 bits per heavy atom. The van der Waals surface area contributed by atoms with E-state index in [9.17, 15) is 48.3 Å². The highest BCUT2D eigenvalue weighted by Crippen LogP contribution is 2.25. The number of hydrogen-bond donors (Lipinski definition) is 17. The van der Waals surface area contributed by atoms with Crippen molar-refractivity contribution in [1.29, 1.82) is 5.41 Å². The number of H-pyrrole nitrogens is 2. The number of aromatic nitrogens is 3. The third-order valence-electron chi connectivity index (χ3n) is 15.8. The number of imidazole rings is 1. The lowest BCUT2D eigenvalue weighted by atomic mass is 9.97. The second-order valence-electron chi connectivity index (χ2n) is 23.8. The number of nitrogens with zero attached hydrogens (tertiary/aromatic N) is 2. The molecule has 34 heteroatoms. The van der Waals surface area contributed by atoms with Gasteiger partial charge in [-0.25, -0.2) is 4.98 Å². The zero-order valence-corrected chi connectivity index (χ0v) is 57.5. The molecule has 5 aromatic rings. The number of carbonyl (C=O) groups excluding carboxylic acids is 11. The van der Waals surface area contributed by atoms with Crippen LogP contribution >= 0.6 is 23.5 Å². The summed E-state index contributed by atoms with van der Waals surface area (Å²) < 4.78 is 6.19. The number of para-hydroxylation sites is 1. The Morgan fingerprint density at radius 3 is 2.14 bits per heavy atom. The van der Waals surface area contributed by atoms with Gasteiger partial charge in [-0.1, -0.05) is 61.8 Å². The molecule has 100 heavy (non-hydrogen) atoms. The predicted molar refractivity (Wildman–Crippen MR) is 375 cm³/mol. The molecule has 2 aromatic heterocycles. The fraction of sp³-hybridized carbons (Fsp3) is 0.455. The molecule has 11 amide bonds. The van der Waals surface area contributed by atoms with Crippen LogP contribution in [0.25, 0.3) is 10.9 Å². The van der Waals surface area contributed by atoms with Gasteiger partial charge in [0.1, 0.15) is 66.6 Å². The number of ether oxygens (including phenoxy) is 1. The van der Waals surface area contributed by atoms with Gasteiger partial charge in [0, 0.05) is 66.4 Å². The SMILES string of the molecule is CC[C@H](C)[C@H](NC(=O)[C@H](CCCNC(=N)N)NC(=O)CNC(=O)[C@H](Cc1ccc(O)cc1)NC(=O)[C@H](Cc1c[nH]c2ccccc12)NC(=O)[C@H](Cc1c[nH]cn1)NC(=O)[C@@H]1CSCc2cc(CSC)cc(c2)OCCCCCCO/N=C/C(=O)N[C@@H](CC(N)=O)C(=O)N1)C(=O)NCC(N)=O. The van der Waals surface area contributed by atoms with Gasteiger partial charge in [0.25, 0.3) is 5.91 Å². The molecule has 0 fully saturated rings. The van der Waals surface area contributed by atoms with Crippen molar-refractivity contribution in [3.63, 3.8) is 0 Å². The number of fused-ring (bicyclic) bond motifs is 3. The zero-order valence-electron chi connectivity index (χ0n) is 55.9. The van der Waals surface area contributed by atoms with Gasteiger partial charge in [-0.05, 0) is 103 Å². The van der Waals surface area contributed by atoms with Gasteiger partial charge in [0.15, 0.2) is 5.96 Å². The third-order valence-corrected chi connectivity index (χ3v) is 17.6. The first kappa shape index (κ1) is 78.6. The summed E-state index contributed by atoms with van der Waals surface area (Å²) in [5.41, 5.74) is 20.0. The summed E-state index contributed by atoms with van der Waals surface area (Å²) in [5, 5.41) is 48.2. The summed E-state index contributed by atoms with van der Waals surface area (Å²) in [6.45, 7) is 2.97. The fourth-order valence-electron chi connectivity index (χ4n) is 10.5. The number of phenolic OH excluding ortho intramolecular Hbond substituents is 1. The number of thioether (sulfide) groups is 2. The Labute approximate surface area is 586 Å². The average molecular weight is 1420 g/mol. The highest BCUT2D eigenvalue weighted by Gasteiger charge is 2.36. The molecule has 0 unspecified atom stereocenters. The number of phenols is 1. The molecule has 6 rings (SSSR count). The van der Waals surface area contributed by atoms with E-state index in [1.54, 1.807) is 56.1 Å². The first-order chi connectivity index (χ1) is 48.0. The first-order valence-electron chi connectivity index (χ1n) is 32.6. The van der Waals surface area contributed by atoms with E-state index < -0.39 is 133 Å². The van der Waals surface area contributed by atoms with E-state index in [4.69, 9.17) is 32.2 Å². The van der Waals surface area contributed by atoms with Crippen LogP contribution in [0.2, 0.25) is 0 Å². The van der Waals surface area contributed by atoms with Crippen LogP contribution in [0.1, 0.15) is 93.2 Å². The summed E-state index contributed by atoms with van der Waals surface area (Å²) in [6.07, 6.45) is 9.38. The zero-order chi connectivity index (χ0) is 72.5. The van der Waals surface area contributed by atoms with Crippen molar-refractivity contribution in [2.45, 2.75) is 138 Å². The second kappa shape index (κ2) is 41.1. The van der Waals surface area contributed by atoms with E-state index in [2.05, 4.69) is 73.3 Å². The van der Waals surface area contributed by atoms with Gasteiger partial charge in [0.2, 0.25) is 59.1 Å². The van der Waals surface area contributed by atoms with Crippen LogP contribution in [-0.4, -0.2) is 184 Å². The van der Waals surface area contributed by atoms with E-state index in [-0.39, 0.29) is 68.4 Å². The van der Waals surface area contributed by atoms with Crippen LogP contribution in [0.3, 0.4) is 0 Å². The molecule has 2 bridgehead atoms. The van der Waals surface area contributed by atoms with E-state index in [1.165, 1.54) is 48.6 Å². The van der Waals surface area contributed by atoms with Gasteiger partial charge in [-0.2, -0.15) is 23.5 Å². The molecule has 540 valence electrons. The van der Waals surface area contributed by atoms with Gasteiger partial charge >= 0.3 is 0 Å². The standard InChI is InChI=1S/C66H90N18O14S2/c1-4-38(2)58(65(96)74-31-55(68)87)84-60(91)48(14-11-19-72-66(69)70)78-56(88)32-75-59(90)49(25-39-15-17-44(85)18-16-39)80-61(92)50(26-42-29-73-47-13-8-7-12-46(42)47)81-62(93)51(27-43-30-71-37-76-43)82-64(95)53-36-100-35-41-22-40(34-99-3)23-45(24-41)97-20-9-5-6-10-21-98-77-33-57(89)79-52(28-54(67)86)63(94)83-53/h7-8,12-13,15-18,22-24,29-30,33,37-38,48-53,58,73,85H,4-6,9-11,14,19-21,25-28,31-32,34-36H2,1-3H3,(H2,67,86)(H2,68,87)(H,71,76)(H,74,96)(H,75,90)(H,78,88)(H,79,89)(H,80,92)(H,81,93)(H,82,95)(H,83,94)(H,84,91)(H4,69,70,72)/b77-33+/t38-,48-,49-,50-,51-,52-,53-,58-/m0/s1. The molecule has 32 nitrogen and oxygen atoms in total. The number of nitrogens with two attached hydrogens (primary N) is 3. The van der Waals surface area contributed by atoms with E-state index in [0.29, 0.717) is 58.7 Å². The maximum absolute atomic E-state index is 15.2. The Morgan fingerprint density at radius 2 is 1.45 bits per heavy atom. The van der Waals surface area contributed by atoms with Gasteiger partial charge in [0.05, 0.1) is 38.1 Å². The Bertz CT molecular complexity index is 3630. The van der Waals surface area contributed by atoms with Crippen molar-refractivity contribution < 1.29 is 67.4 Å². The molecule has 0 spiro atoms. The number of aromatic amines is 2. The lowest BCUT2D eigenvalue weighted by molar-refractivity contribution is -0.135. The lowest BCUT2D eigenvalue weighted by Crippen LogP contribution is -2.60. The van der Waals surface area contributed by atoms with Crippen LogP contribution in [-0.2, 0) is 88.3 Å². The molecule has 1 aliphatic rings. The summed E-state index contributed by atoms with van der Waals surface area (Å²) in [5.74, 6) is -9.13. The van der Waals surface area contributed by atoms with Crippen LogP contribution in [0, 0.1) is 11.3 Å². The van der Waals surface area contributed by atoms with E-state index in [0.717, 1.165) is 36.6 Å². The molecule has 0 saturated heterocycles. The van der Waals surface area contributed by atoms with Crippen molar-refractivity contribution in [2.75, 3.05) is 44.9 Å². The van der Waals surface area contributed by atoms with Crippen LogP contribution in [0.4, 0.5) is 0 Å². The normalized spacial score (nSPS) is 16.8. The average Bonchev–Trinajstić information content (AvgIpc) is 1.62. The number of amides is 11. The monoisotopic (exact) mass is 1420 g/mol. The molecular weight excluding hydrogens is 1330 g/mol. The van der Waals surface area contributed by atoms with Crippen molar-refractivity contribution in [1.82, 2.24) is 68.1 Å². The minimum atomic E-state index is -1.61. The molecule has 3 heterocycles. The van der Waals surface area contributed by atoms with Gasteiger partial charge in [-0.3, -0.25) is 58.1 Å². The molecule has 0 aliphatic carbocycles. The van der Waals surface area contributed by atoms with Crippen molar-refractivity contribution in [2.24, 2.45) is 28.3 Å².